The average molecular weight is 223 g/mol. The number of fused-ring (bicyclic) bond motifs is 1. The molecule has 3 heterocycles. The first-order valence-corrected chi connectivity index (χ1v) is 6.62. The summed E-state index contributed by atoms with van der Waals surface area (Å²) in [6.45, 7) is 3.41. The maximum Gasteiger partial charge on any atom is 0.237 e. The second-order valence-corrected chi connectivity index (χ2v) is 5.30. The molecule has 3 fully saturated rings. The maximum atomic E-state index is 12.0. The van der Waals surface area contributed by atoms with Crippen molar-refractivity contribution < 1.29 is 4.79 Å². The summed E-state index contributed by atoms with van der Waals surface area (Å²) in [5.74, 6) is 0.233. The number of hydrogen-bond acceptors (Lipinski definition) is 3. The van der Waals surface area contributed by atoms with Gasteiger partial charge >= 0.3 is 0 Å². The smallest absolute Gasteiger partial charge is 0.237 e. The van der Waals surface area contributed by atoms with Crippen molar-refractivity contribution in [1.82, 2.24) is 15.5 Å². The van der Waals surface area contributed by atoms with E-state index in [0.29, 0.717) is 12.1 Å². The molecule has 3 aliphatic rings. The fourth-order valence-corrected chi connectivity index (χ4v) is 3.44. The van der Waals surface area contributed by atoms with Crippen LogP contribution in [-0.2, 0) is 4.79 Å². The Labute approximate surface area is 96.8 Å². The molecule has 0 aliphatic carbocycles. The minimum absolute atomic E-state index is 0.0791. The molecule has 0 spiro atoms. The van der Waals surface area contributed by atoms with Gasteiger partial charge in [0.05, 0.1) is 6.04 Å². The van der Waals surface area contributed by atoms with Crippen LogP contribution in [0.15, 0.2) is 0 Å². The van der Waals surface area contributed by atoms with Crippen molar-refractivity contribution in [2.24, 2.45) is 0 Å². The number of amides is 1. The van der Waals surface area contributed by atoms with Crippen LogP contribution in [0, 0.1) is 0 Å². The van der Waals surface area contributed by atoms with Gasteiger partial charge in [-0.05, 0) is 45.2 Å². The standard InChI is InChI=1S/C12H21N3O/c16-12(10-3-1-6-13-10)14-9-5-8-15-7-2-4-11(9)15/h9-11,13H,1-8H2,(H,14,16)/t9?,10-,11?/m0/s1. The highest BCUT2D eigenvalue weighted by Crippen LogP contribution is 2.28. The van der Waals surface area contributed by atoms with Gasteiger partial charge in [-0.2, -0.15) is 0 Å². The van der Waals surface area contributed by atoms with Crippen molar-refractivity contribution >= 4 is 5.91 Å². The van der Waals surface area contributed by atoms with Gasteiger partial charge in [-0.15, -0.1) is 0 Å². The second kappa shape index (κ2) is 4.34. The Morgan fingerprint density at radius 1 is 1.19 bits per heavy atom. The van der Waals surface area contributed by atoms with Gasteiger partial charge in [0.1, 0.15) is 0 Å². The summed E-state index contributed by atoms with van der Waals surface area (Å²) in [5.41, 5.74) is 0. The fourth-order valence-electron chi connectivity index (χ4n) is 3.44. The van der Waals surface area contributed by atoms with E-state index < -0.39 is 0 Å². The van der Waals surface area contributed by atoms with Crippen LogP contribution in [0.4, 0.5) is 0 Å². The van der Waals surface area contributed by atoms with Crippen molar-refractivity contribution in [2.75, 3.05) is 19.6 Å². The Bertz CT molecular complexity index is 275. The van der Waals surface area contributed by atoms with Crippen LogP contribution >= 0.6 is 0 Å². The summed E-state index contributed by atoms with van der Waals surface area (Å²) in [6.07, 6.45) is 5.86. The molecule has 3 rings (SSSR count). The Morgan fingerprint density at radius 2 is 2.12 bits per heavy atom. The highest BCUT2D eigenvalue weighted by Gasteiger charge is 2.38. The summed E-state index contributed by atoms with van der Waals surface area (Å²) in [6, 6.07) is 1.12. The van der Waals surface area contributed by atoms with Crippen molar-refractivity contribution in [3.05, 3.63) is 0 Å². The minimum Gasteiger partial charge on any atom is -0.350 e. The third kappa shape index (κ3) is 1.84. The van der Waals surface area contributed by atoms with E-state index in [1.54, 1.807) is 0 Å². The molecule has 3 saturated heterocycles. The lowest BCUT2D eigenvalue weighted by molar-refractivity contribution is -0.123. The molecule has 0 aromatic heterocycles. The van der Waals surface area contributed by atoms with Crippen LogP contribution < -0.4 is 10.6 Å². The number of nitrogens with zero attached hydrogens (tertiary/aromatic N) is 1. The van der Waals surface area contributed by atoms with Crippen LogP contribution in [0.3, 0.4) is 0 Å². The topological polar surface area (TPSA) is 44.4 Å². The first-order valence-electron chi connectivity index (χ1n) is 6.62. The number of rotatable bonds is 2. The lowest BCUT2D eigenvalue weighted by Gasteiger charge is -2.22. The molecule has 90 valence electrons. The van der Waals surface area contributed by atoms with Gasteiger partial charge in [0.25, 0.3) is 0 Å². The second-order valence-electron chi connectivity index (χ2n) is 5.30. The lowest BCUT2D eigenvalue weighted by atomic mass is 10.1. The fraction of sp³-hybridized carbons (Fsp3) is 0.917. The molecule has 0 saturated carbocycles. The molecule has 0 aromatic carbocycles. The zero-order valence-corrected chi connectivity index (χ0v) is 9.74. The van der Waals surface area contributed by atoms with E-state index in [4.69, 9.17) is 0 Å². The highest BCUT2D eigenvalue weighted by atomic mass is 16.2. The van der Waals surface area contributed by atoms with E-state index in [1.807, 2.05) is 0 Å². The van der Waals surface area contributed by atoms with E-state index in [1.165, 1.54) is 25.9 Å². The summed E-state index contributed by atoms with van der Waals surface area (Å²) in [5, 5.41) is 6.51. The lowest BCUT2D eigenvalue weighted by Crippen LogP contribution is -2.48. The van der Waals surface area contributed by atoms with Crippen LogP contribution in [0.25, 0.3) is 0 Å². The zero-order valence-electron chi connectivity index (χ0n) is 9.74. The number of carbonyl (C=O) groups excluding carboxylic acids is 1. The Morgan fingerprint density at radius 3 is 2.94 bits per heavy atom. The zero-order chi connectivity index (χ0) is 11.0. The molecule has 3 aliphatic heterocycles. The average Bonchev–Trinajstić information content (AvgIpc) is 2.94. The van der Waals surface area contributed by atoms with Gasteiger partial charge in [-0.25, -0.2) is 0 Å². The molecule has 1 amide bonds. The van der Waals surface area contributed by atoms with Crippen molar-refractivity contribution in [1.29, 1.82) is 0 Å². The number of nitrogens with one attached hydrogen (secondary N) is 2. The Hall–Kier alpha value is -0.610. The molecule has 0 bridgehead atoms. The molecule has 3 atom stereocenters. The molecule has 2 unspecified atom stereocenters. The largest absolute Gasteiger partial charge is 0.350 e. The van der Waals surface area contributed by atoms with Crippen molar-refractivity contribution in [3.8, 4) is 0 Å². The molecular formula is C12H21N3O. The third-order valence-corrected chi connectivity index (χ3v) is 4.31. The molecule has 2 N–H and O–H groups in total. The molecule has 16 heavy (non-hydrogen) atoms. The van der Waals surface area contributed by atoms with E-state index in [0.717, 1.165) is 25.8 Å². The van der Waals surface area contributed by atoms with Gasteiger partial charge in [0, 0.05) is 18.6 Å². The molecular weight excluding hydrogens is 202 g/mol. The van der Waals surface area contributed by atoms with E-state index in [9.17, 15) is 4.79 Å². The van der Waals surface area contributed by atoms with Gasteiger partial charge in [-0.1, -0.05) is 0 Å². The minimum atomic E-state index is 0.0791. The van der Waals surface area contributed by atoms with Gasteiger partial charge in [0.15, 0.2) is 0 Å². The normalized spacial score (nSPS) is 38.9. The molecule has 4 heteroatoms. The summed E-state index contributed by atoms with van der Waals surface area (Å²) in [7, 11) is 0. The van der Waals surface area contributed by atoms with Crippen LogP contribution in [0.1, 0.15) is 32.1 Å². The monoisotopic (exact) mass is 223 g/mol. The predicted octanol–water partition coefficient (Wildman–Crippen LogP) is 0.0913. The Balaban J connectivity index is 1.56. The number of hydrogen-bond donors (Lipinski definition) is 2. The summed E-state index contributed by atoms with van der Waals surface area (Å²) in [4.78, 5) is 14.5. The third-order valence-electron chi connectivity index (χ3n) is 4.31. The SMILES string of the molecule is O=C(NC1CCN2CCCC12)[C@@H]1CCCN1. The van der Waals surface area contributed by atoms with E-state index in [-0.39, 0.29) is 11.9 Å². The number of carbonyl (C=O) groups is 1. The van der Waals surface area contributed by atoms with Gasteiger partial charge in [0.2, 0.25) is 5.91 Å². The first kappa shape index (κ1) is 10.5. The van der Waals surface area contributed by atoms with Crippen molar-refractivity contribution in [2.45, 2.75) is 50.2 Å². The van der Waals surface area contributed by atoms with Crippen molar-refractivity contribution in [3.63, 3.8) is 0 Å². The van der Waals surface area contributed by atoms with E-state index in [2.05, 4.69) is 15.5 Å². The maximum absolute atomic E-state index is 12.0. The molecule has 0 aromatic rings. The van der Waals surface area contributed by atoms with Crippen LogP contribution in [-0.4, -0.2) is 48.6 Å². The molecule has 0 radical (unpaired) electrons. The highest BCUT2D eigenvalue weighted by molar-refractivity contribution is 5.82. The van der Waals surface area contributed by atoms with Crippen LogP contribution in [0.5, 0.6) is 0 Å². The first-order chi connectivity index (χ1) is 7.84. The van der Waals surface area contributed by atoms with Gasteiger partial charge < -0.3 is 10.6 Å². The Kier molecular flexibility index (Phi) is 2.86. The summed E-state index contributed by atoms with van der Waals surface area (Å²) >= 11 is 0. The summed E-state index contributed by atoms with van der Waals surface area (Å²) < 4.78 is 0. The molecule has 4 nitrogen and oxygen atoms in total. The van der Waals surface area contributed by atoms with Gasteiger partial charge in [-0.3, -0.25) is 9.69 Å². The van der Waals surface area contributed by atoms with E-state index >= 15 is 0 Å². The van der Waals surface area contributed by atoms with Crippen LogP contribution in [0.2, 0.25) is 0 Å². The predicted molar refractivity (Wildman–Crippen MR) is 62.2 cm³/mol. The quantitative estimate of drug-likeness (QED) is 0.697.